The molecule has 6 heteroatoms. The Labute approximate surface area is 80.1 Å². The Hall–Kier alpha value is -0.0100. The zero-order valence-electron chi connectivity index (χ0n) is 7.35. The highest BCUT2D eigenvalue weighted by molar-refractivity contribution is 7.77. The molecule has 0 saturated heterocycles. The molecule has 0 spiro atoms. The van der Waals surface area contributed by atoms with Gasteiger partial charge in [-0.25, -0.2) is 4.21 Å². The van der Waals surface area contributed by atoms with Crippen LogP contribution >= 0.6 is 0 Å². The molecule has 1 aliphatic rings. The average Bonchev–Trinajstić information content (AvgIpc) is 2.04. The third-order valence-electron chi connectivity index (χ3n) is 2.48. The van der Waals surface area contributed by atoms with Crippen molar-refractivity contribution in [2.24, 2.45) is 11.7 Å². The Bertz CT molecular complexity index is 183. The maximum atomic E-state index is 10.3. The normalized spacial score (nSPS) is 34.1. The monoisotopic (exact) mass is 208 g/mol. The van der Waals surface area contributed by atoms with Crippen LogP contribution in [0.25, 0.3) is 0 Å². The average molecular weight is 208 g/mol. The molecular formula is C7H16N2O3S. The van der Waals surface area contributed by atoms with E-state index >= 15 is 0 Å². The van der Waals surface area contributed by atoms with Gasteiger partial charge in [-0.15, -0.1) is 0 Å². The van der Waals surface area contributed by atoms with E-state index in [2.05, 4.69) is 4.72 Å². The fourth-order valence-electron chi connectivity index (χ4n) is 1.66. The summed E-state index contributed by atoms with van der Waals surface area (Å²) in [5.74, 6) is 0.0518. The quantitative estimate of drug-likeness (QED) is 0.373. The Morgan fingerprint density at radius 2 is 1.92 bits per heavy atom. The Kier molecular flexibility index (Phi) is 4.27. The van der Waals surface area contributed by atoms with E-state index in [9.17, 15) is 9.32 Å². The van der Waals surface area contributed by atoms with Gasteiger partial charge in [0, 0.05) is 6.04 Å². The van der Waals surface area contributed by atoms with Gasteiger partial charge < -0.3 is 10.8 Å². The molecule has 0 radical (unpaired) electrons. The first-order chi connectivity index (χ1) is 6.09. The molecule has 0 aromatic rings. The summed E-state index contributed by atoms with van der Waals surface area (Å²) in [7, 11) is 0. The summed E-state index contributed by atoms with van der Waals surface area (Å²) in [4.78, 5) is 0. The molecule has 1 saturated carbocycles. The van der Waals surface area contributed by atoms with Gasteiger partial charge in [-0.05, 0) is 31.6 Å². The third-order valence-corrected chi connectivity index (χ3v) is 2.93. The van der Waals surface area contributed by atoms with Gasteiger partial charge in [0.25, 0.3) is 0 Å². The first-order valence-electron chi connectivity index (χ1n) is 4.40. The summed E-state index contributed by atoms with van der Waals surface area (Å²) in [5.41, 5.74) is 5.69. The largest absolute Gasteiger partial charge is 0.377 e. The molecule has 0 aromatic carbocycles. The van der Waals surface area contributed by atoms with E-state index < -0.39 is 17.5 Å². The second kappa shape index (κ2) is 5.02. The lowest BCUT2D eigenvalue weighted by molar-refractivity contribution is 0.0721. The second-order valence-corrected chi connectivity index (χ2v) is 4.22. The Morgan fingerprint density at radius 3 is 2.38 bits per heavy atom. The zero-order chi connectivity index (χ0) is 9.84. The molecule has 5 nitrogen and oxygen atoms in total. The van der Waals surface area contributed by atoms with Gasteiger partial charge in [0.15, 0.2) is 0 Å². The minimum absolute atomic E-state index is 0.0518. The summed E-state index contributed by atoms with van der Waals surface area (Å²) in [6.07, 6.45) is 2.49. The number of aliphatic hydroxyl groups excluding tert-OH is 1. The van der Waals surface area contributed by atoms with Crippen LogP contribution in [0.3, 0.4) is 0 Å². The highest BCUT2D eigenvalue weighted by atomic mass is 32.2. The number of hydrogen-bond donors (Lipinski definition) is 4. The standard InChI is InChI=1S/C7H16N2O3S/c8-6-3-1-5(2-4-6)7(10)9-13(11)12/h5-7,9-10H,1-4,8H2,(H,11,12). The second-order valence-electron chi connectivity index (χ2n) is 3.49. The topological polar surface area (TPSA) is 95.6 Å². The van der Waals surface area contributed by atoms with Crippen molar-refractivity contribution in [3.05, 3.63) is 0 Å². The van der Waals surface area contributed by atoms with Gasteiger partial charge >= 0.3 is 0 Å². The van der Waals surface area contributed by atoms with Gasteiger partial charge in [-0.3, -0.25) is 4.55 Å². The molecule has 78 valence electrons. The maximum Gasteiger partial charge on any atom is 0.233 e. The van der Waals surface area contributed by atoms with Crippen molar-refractivity contribution in [3.63, 3.8) is 0 Å². The van der Waals surface area contributed by atoms with E-state index in [1.54, 1.807) is 0 Å². The molecule has 1 rings (SSSR count). The van der Waals surface area contributed by atoms with Crippen LogP contribution in [0.2, 0.25) is 0 Å². The van der Waals surface area contributed by atoms with Crippen LogP contribution in [-0.4, -0.2) is 26.1 Å². The molecule has 0 bridgehead atoms. The van der Waals surface area contributed by atoms with Crippen molar-refractivity contribution in [3.8, 4) is 0 Å². The molecule has 2 unspecified atom stereocenters. The lowest BCUT2D eigenvalue weighted by Gasteiger charge is -2.29. The molecule has 1 fully saturated rings. The van der Waals surface area contributed by atoms with Crippen LogP contribution < -0.4 is 10.5 Å². The summed E-state index contributed by atoms with van der Waals surface area (Å²) >= 11 is -2.14. The van der Waals surface area contributed by atoms with Gasteiger partial charge in [0.05, 0.1) is 0 Å². The molecule has 1 aliphatic carbocycles. The van der Waals surface area contributed by atoms with Crippen LogP contribution in [-0.2, 0) is 11.3 Å². The van der Waals surface area contributed by atoms with E-state index in [1.807, 2.05) is 0 Å². The molecule has 0 aromatic heterocycles. The predicted octanol–water partition coefficient (Wildman–Crippen LogP) is -0.451. The van der Waals surface area contributed by atoms with E-state index in [1.165, 1.54) is 0 Å². The van der Waals surface area contributed by atoms with Gasteiger partial charge in [0.1, 0.15) is 6.23 Å². The molecule has 0 amide bonds. The number of aliphatic hydroxyl groups is 1. The van der Waals surface area contributed by atoms with Crippen molar-refractivity contribution in [2.45, 2.75) is 38.0 Å². The number of hydrogen-bond acceptors (Lipinski definition) is 3. The van der Waals surface area contributed by atoms with Crippen LogP contribution in [0.15, 0.2) is 0 Å². The van der Waals surface area contributed by atoms with E-state index in [0.29, 0.717) is 0 Å². The van der Waals surface area contributed by atoms with Crippen LogP contribution in [0.4, 0.5) is 0 Å². The number of nitrogens with two attached hydrogens (primary N) is 1. The van der Waals surface area contributed by atoms with E-state index in [4.69, 9.17) is 10.3 Å². The van der Waals surface area contributed by atoms with Crippen molar-refractivity contribution in [2.75, 3.05) is 0 Å². The SMILES string of the molecule is NC1CCC(C(O)NS(=O)O)CC1. The molecule has 2 atom stereocenters. The zero-order valence-corrected chi connectivity index (χ0v) is 8.17. The first-order valence-corrected chi connectivity index (χ1v) is 5.51. The molecule has 0 aliphatic heterocycles. The van der Waals surface area contributed by atoms with Crippen molar-refractivity contribution in [1.29, 1.82) is 0 Å². The van der Waals surface area contributed by atoms with Crippen molar-refractivity contribution < 1.29 is 13.9 Å². The molecule has 0 heterocycles. The fraction of sp³-hybridized carbons (Fsp3) is 1.00. The lowest BCUT2D eigenvalue weighted by Crippen LogP contribution is -2.40. The summed E-state index contributed by atoms with van der Waals surface area (Å²) < 4.78 is 21.0. The summed E-state index contributed by atoms with van der Waals surface area (Å²) in [5, 5.41) is 9.43. The van der Waals surface area contributed by atoms with Crippen LogP contribution in [0.5, 0.6) is 0 Å². The van der Waals surface area contributed by atoms with Gasteiger partial charge in [-0.2, -0.15) is 4.72 Å². The molecular weight excluding hydrogens is 192 g/mol. The first kappa shape index (κ1) is 11.1. The van der Waals surface area contributed by atoms with Gasteiger partial charge in [-0.1, -0.05) is 0 Å². The highest BCUT2D eigenvalue weighted by Crippen LogP contribution is 2.25. The Balaban J connectivity index is 2.31. The van der Waals surface area contributed by atoms with Gasteiger partial charge in [0.2, 0.25) is 11.3 Å². The highest BCUT2D eigenvalue weighted by Gasteiger charge is 2.25. The predicted molar refractivity (Wildman–Crippen MR) is 49.8 cm³/mol. The lowest BCUT2D eigenvalue weighted by atomic mass is 9.85. The van der Waals surface area contributed by atoms with E-state index in [0.717, 1.165) is 25.7 Å². The van der Waals surface area contributed by atoms with Crippen molar-refractivity contribution in [1.82, 2.24) is 4.72 Å². The van der Waals surface area contributed by atoms with E-state index in [-0.39, 0.29) is 12.0 Å². The molecule has 13 heavy (non-hydrogen) atoms. The minimum atomic E-state index is -2.14. The molecule has 5 N–H and O–H groups in total. The fourth-order valence-corrected chi connectivity index (χ4v) is 2.06. The summed E-state index contributed by atoms with van der Waals surface area (Å²) in [6, 6.07) is 0.225. The number of nitrogens with one attached hydrogen (secondary N) is 1. The smallest absolute Gasteiger partial charge is 0.233 e. The van der Waals surface area contributed by atoms with Crippen LogP contribution in [0.1, 0.15) is 25.7 Å². The number of rotatable bonds is 3. The third kappa shape index (κ3) is 3.70. The maximum absolute atomic E-state index is 10.3. The van der Waals surface area contributed by atoms with Crippen molar-refractivity contribution >= 4 is 11.3 Å². The van der Waals surface area contributed by atoms with Crippen LogP contribution in [0, 0.1) is 5.92 Å². The minimum Gasteiger partial charge on any atom is -0.377 e. The Morgan fingerprint density at radius 1 is 1.38 bits per heavy atom. The summed E-state index contributed by atoms with van der Waals surface area (Å²) in [6.45, 7) is 0.